The van der Waals surface area contributed by atoms with Gasteiger partial charge in [-0.25, -0.2) is 4.39 Å². The maximum atomic E-state index is 12.6. The number of fused-ring (bicyclic) bond motifs is 2. The lowest BCUT2D eigenvalue weighted by Gasteiger charge is -2.43. The standard InChI is InChI=1S/C17H20FN3OS/c18-4-9-21-7-2-17(3-8-21)13-11-16(14-12-19-5-6-20-14)23-15(13)1-10-22-17/h5-6,11-12H,1-4,7-10H2. The van der Waals surface area contributed by atoms with Crippen molar-refractivity contribution in [3.63, 3.8) is 0 Å². The highest BCUT2D eigenvalue weighted by molar-refractivity contribution is 7.15. The fraction of sp³-hybridized carbons (Fsp3) is 0.529. The van der Waals surface area contributed by atoms with E-state index < -0.39 is 0 Å². The van der Waals surface area contributed by atoms with Crippen LogP contribution in [0.25, 0.3) is 10.6 Å². The van der Waals surface area contributed by atoms with Crippen molar-refractivity contribution in [1.82, 2.24) is 14.9 Å². The first-order chi connectivity index (χ1) is 11.3. The summed E-state index contributed by atoms with van der Waals surface area (Å²) in [5.74, 6) is 0. The van der Waals surface area contributed by atoms with E-state index in [1.54, 1.807) is 12.4 Å². The quantitative estimate of drug-likeness (QED) is 0.865. The van der Waals surface area contributed by atoms with Gasteiger partial charge >= 0.3 is 0 Å². The summed E-state index contributed by atoms with van der Waals surface area (Å²) in [6, 6.07) is 2.24. The van der Waals surface area contributed by atoms with Gasteiger partial charge in [-0.05, 0) is 24.5 Å². The zero-order valence-corrected chi connectivity index (χ0v) is 13.8. The highest BCUT2D eigenvalue weighted by Gasteiger charge is 2.41. The lowest BCUT2D eigenvalue weighted by molar-refractivity contribution is -0.0973. The molecule has 0 aromatic carbocycles. The molecule has 0 amide bonds. The first-order valence-electron chi connectivity index (χ1n) is 8.13. The van der Waals surface area contributed by atoms with Crippen LogP contribution in [0.2, 0.25) is 0 Å². The minimum absolute atomic E-state index is 0.183. The summed E-state index contributed by atoms with van der Waals surface area (Å²) in [5, 5.41) is 0. The van der Waals surface area contributed by atoms with Gasteiger partial charge in [0, 0.05) is 43.3 Å². The van der Waals surface area contributed by atoms with Crippen LogP contribution in [0.3, 0.4) is 0 Å². The van der Waals surface area contributed by atoms with Gasteiger partial charge in [0.15, 0.2) is 0 Å². The average molecular weight is 333 g/mol. The summed E-state index contributed by atoms with van der Waals surface area (Å²) in [6.45, 7) is 2.85. The van der Waals surface area contributed by atoms with E-state index in [4.69, 9.17) is 4.74 Å². The molecule has 1 fully saturated rings. The molecule has 4 rings (SSSR count). The summed E-state index contributed by atoms with van der Waals surface area (Å²) in [4.78, 5) is 13.4. The Balaban J connectivity index is 1.63. The number of nitrogens with zero attached hydrogens (tertiary/aromatic N) is 3. The molecule has 0 saturated carbocycles. The van der Waals surface area contributed by atoms with Gasteiger partial charge in [0.1, 0.15) is 6.67 Å². The number of likely N-dealkylation sites (tertiary alicyclic amines) is 1. The molecule has 0 unspecified atom stereocenters. The van der Waals surface area contributed by atoms with Crippen molar-refractivity contribution in [2.75, 3.05) is 32.9 Å². The maximum absolute atomic E-state index is 12.6. The predicted octanol–water partition coefficient (Wildman–Crippen LogP) is 3.04. The number of piperidine rings is 1. The van der Waals surface area contributed by atoms with E-state index in [9.17, 15) is 4.39 Å². The third kappa shape index (κ3) is 2.79. The van der Waals surface area contributed by atoms with E-state index in [0.717, 1.165) is 44.7 Å². The largest absolute Gasteiger partial charge is 0.370 e. The molecule has 6 heteroatoms. The zero-order valence-electron chi connectivity index (χ0n) is 13.0. The molecule has 2 aliphatic rings. The second-order valence-electron chi connectivity index (χ2n) is 6.16. The molecule has 4 heterocycles. The molecule has 1 saturated heterocycles. The SMILES string of the molecule is FCCN1CCC2(CC1)OCCc1sc(-c3cnccn3)cc12. The van der Waals surface area contributed by atoms with Crippen molar-refractivity contribution in [2.45, 2.75) is 24.9 Å². The first-order valence-corrected chi connectivity index (χ1v) is 8.94. The van der Waals surface area contributed by atoms with E-state index in [0.29, 0.717) is 6.54 Å². The van der Waals surface area contributed by atoms with E-state index in [1.165, 1.54) is 15.3 Å². The second-order valence-corrected chi connectivity index (χ2v) is 7.30. The Morgan fingerprint density at radius 1 is 1.30 bits per heavy atom. The molecule has 4 nitrogen and oxygen atoms in total. The summed E-state index contributed by atoms with van der Waals surface area (Å²) in [6.07, 6.45) is 8.09. The van der Waals surface area contributed by atoms with Crippen molar-refractivity contribution >= 4 is 11.3 Å². The molecule has 0 radical (unpaired) electrons. The summed E-state index contributed by atoms with van der Waals surface area (Å²) in [5.41, 5.74) is 2.07. The minimum atomic E-state index is -0.269. The monoisotopic (exact) mass is 333 g/mol. The van der Waals surface area contributed by atoms with Gasteiger partial charge in [0.2, 0.25) is 0 Å². The van der Waals surface area contributed by atoms with Gasteiger partial charge < -0.3 is 9.64 Å². The van der Waals surface area contributed by atoms with Crippen LogP contribution in [0.15, 0.2) is 24.7 Å². The van der Waals surface area contributed by atoms with Gasteiger partial charge in [-0.2, -0.15) is 0 Å². The van der Waals surface area contributed by atoms with E-state index in [1.807, 2.05) is 17.5 Å². The van der Waals surface area contributed by atoms with Crippen molar-refractivity contribution in [3.05, 3.63) is 35.1 Å². The zero-order chi connectivity index (χ0) is 15.7. The lowest BCUT2D eigenvalue weighted by atomic mass is 9.82. The first kappa shape index (κ1) is 15.2. The highest BCUT2D eigenvalue weighted by atomic mass is 32.1. The predicted molar refractivity (Wildman–Crippen MR) is 88.3 cm³/mol. The van der Waals surface area contributed by atoms with Crippen LogP contribution in [-0.2, 0) is 16.8 Å². The number of alkyl halides is 1. The fourth-order valence-electron chi connectivity index (χ4n) is 3.64. The molecule has 23 heavy (non-hydrogen) atoms. The Kier molecular flexibility index (Phi) is 4.13. The van der Waals surface area contributed by atoms with Gasteiger partial charge in [-0.15, -0.1) is 11.3 Å². The summed E-state index contributed by atoms with van der Waals surface area (Å²) >= 11 is 1.81. The number of hydrogen-bond donors (Lipinski definition) is 0. The normalized spacial score (nSPS) is 20.6. The Bertz CT molecular complexity index is 668. The molecule has 0 bridgehead atoms. The summed E-state index contributed by atoms with van der Waals surface area (Å²) in [7, 11) is 0. The number of aromatic nitrogens is 2. The minimum Gasteiger partial charge on any atom is -0.370 e. The highest BCUT2D eigenvalue weighted by Crippen LogP contribution is 2.46. The molecule has 2 aliphatic heterocycles. The molecule has 2 aromatic heterocycles. The number of thiophene rings is 1. The lowest BCUT2D eigenvalue weighted by Crippen LogP contribution is -2.46. The molecule has 0 atom stereocenters. The van der Waals surface area contributed by atoms with Crippen molar-refractivity contribution in [1.29, 1.82) is 0 Å². The smallest absolute Gasteiger partial charge is 0.102 e. The van der Waals surface area contributed by atoms with E-state index in [2.05, 4.69) is 20.9 Å². The van der Waals surface area contributed by atoms with Crippen LogP contribution >= 0.6 is 11.3 Å². The van der Waals surface area contributed by atoms with Gasteiger partial charge in [-0.3, -0.25) is 9.97 Å². The molecular weight excluding hydrogens is 313 g/mol. The van der Waals surface area contributed by atoms with E-state index >= 15 is 0 Å². The van der Waals surface area contributed by atoms with Crippen LogP contribution in [0, 0.1) is 0 Å². The third-order valence-corrected chi connectivity index (χ3v) is 6.10. The molecule has 0 aliphatic carbocycles. The van der Waals surface area contributed by atoms with Crippen LogP contribution in [-0.4, -0.2) is 47.8 Å². The molecule has 1 spiro atoms. The number of ether oxygens (including phenoxy) is 1. The van der Waals surface area contributed by atoms with Crippen molar-refractivity contribution in [3.8, 4) is 10.6 Å². The Morgan fingerprint density at radius 2 is 2.17 bits per heavy atom. The topological polar surface area (TPSA) is 38.2 Å². The molecule has 0 N–H and O–H groups in total. The molecule has 2 aromatic rings. The van der Waals surface area contributed by atoms with Gasteiger partial charge in [-0.1, -0.05) is 0 Å². The Labute approximate surface area is 139 Å². The third-order valence-electron chi connectivity index (χ3n) is 4.89. The second kappa shape index (κ2) is 6.26. The maximum Gasteiger partial charge on any atom is 0.102 e. The molecule has 122 valence electrons. The van der Waals surface area contributed by atoms with E-state index in [-0.39, 0.29) is 12.3 Å². The van der Waals surface area contributed by atoms with Gasteiger partial charge in [0.25, 0.3) is 0 Å². The number of halogens is 1. The Morgan fingerprint density at radius 3 is 2.91 bits per heavy atom. The van der Waals surface area contributed by atoms with Crippen LogP contribution in [0.1, 0.15) is 23.3 Å². The number of hydrogen-bond acceptors (Lipinski definition) is 5. The van der Waals surface area contributed by atoms with Crippen molar-refractivity contribution in [2.24, 2.45) is 0 Å². The Hall–Kier alpha value is -1.37. The van der Waals surface area contributed by atoms with Crippen molar-refractivity contribution < 1.29 is 9.13 Å². The van der Waals surface area contributed by atoms with Crippen LogP contribution in [0.5, 0.6) is 0 Å². The average Bonchev–Trinajstić information content (AvgIpc) is 3.04. The van der Waals surface area contributed by atoms with Crippen LogP contribution in [0.4, 0.5) is 4.39 Å². The fourth-order valence-corrected chi connectivity index (χ4v) is 4.83. The van der Waals surface area contributed by atoms with Crippen LogP contribution < -0.4 is 0 Å². The van der Waals surface area contributed by atoms with Gasteiger partial charge in [0.05, 0.1) is 29.0 Å². The number of rotatable bonds is 3. The summed E-state index contributed by atoms with van der Waals surface area (Å²) < 4.78 is 18.8. The molecular formula is C17H20FN3OS.